The zero-order valence-electron chi connectivity index (χ0n) is 17.5. The van der Waals surface area contributed by atoms with E-state index in [1.807, 2.05) is 50.2 Å². The Balaban J connectivity index is 0.000000750. The molecular weight excluding hydrogens is 471 g/mol. The summed E-state index contributed by atoms with van der Waals surface area (Å²) in [6.07, 6.45) is 0.498. The van der Waals surface area contributed by atoms with Gasteiger partial charge in [0, 0.05) is 55.7 Å². The first kappa shape index (κ1) is 21.8. The van der Waals surface area contributed by atoms with Crippen molar-refractivity contribution in [1.82, 2.24) is 15.2 Å². The number of aromatic amines is 1. The number of benzene rings is 2. The number of ether oxygens (including phenoxy) is 2. The van der Waals surface area contributed by atoms with Gasteiger partial charge in [-0.1, -0.05) is 38.1 Å². The average Bonchev–Trinajstić information content (AvgIpc) is 3.40. The van der Waals surface area contributed by atoms with Crippen LogP contribution in [-0.4, -0.2) is 41.1 Å². The van der Waals surface area contributed by atoms with Crippen molar-refractivity contribution >= 4 is 22.7 Å². The molecule has 157 valence electrons. The first-order valence-corrected chi connectivity index (χ1v) is 10.3. The number of nitrogens with one attached hydrogen (secondary N) is 2. The molecule has 1 aromatic heterocycles. The van der Waals surface area contributed by atoms with Gasteiger partial charge in [-0.25, -0.2) is 0 Å². The van der Waals surface area contributed by atoms with Crippen LogP contribution in [-0.2, 0) is 48.7 Å². The normalized spacial score (nSPS) is 20.8. The quantitative estimate of drug-likeness (QED) is 0.545. The van der Waals surface area contributed by atoms with E-state index in [2.05, 4.69) is 16.4 Å². The Hall–Kier alpha value is -2.38. The number of hydrogen-bond acceptors (Lipinski definition) is 4. The number of carbonyl (C=O) groups is 2. The fraction of sp³-hybridized carbons (Fsp3) is 0.304. The zero-order chi connectivity index (χ0) is 20.8. The number of para-hydroxylation sites is 1. The third kappa shape index (κ3) is 3.44. The van der Waals surface area contributed by atoms with Crippen LogP contribution in [0.5, 0.6) is 11.5 Å². The van der Waals surface area contributed by atoms with Gasteiger partial charge >= 0.3 is 0 Å². The Morgan fingerprint density at radius 1 is 1.03 bits per heavy atom. The Kier molecular flexibility index (Phi) is 6.08. The Morgan fingerprint density at radius 3 is 2.65 bits per heavy atom. The van der Waals surface area contributed by atoms with Gasteiger partial charge in [-0.05, 0) is 29.3 Å². The minimum Gasteiger partial charge on any atom is -0.454 e. The van der Waals surface area contributed by atoms with Gasteiger partial charge in [0.2, 0.25) is 18.6 Å². The Bertz CT molecular complexity index is 1160. The Morgan fingerprint density at radius 2 is 1.81 bits per heavy atom. The summed E-state index contributed by atoms with van der Waals surface area (Å²) in [4.78, 5) is 30.7. The SMILES string of the molecule is CC.O=C1NCC(=O)N2[C@H](c3ccc4c(c3)OCO4)c3[nH]c4ccccc4c3C[C@H]12.[Y]. The Labute approximate surface area is 205 Å². The average molecular weight is 494 g/mol. The number of aromatic nitrogens is 1. The van der Waals surface area contributed by atoms with Gasteiger partial charge in [0.1, 0.15) is 6.04 Å². The molecule has 1 fully saturated rings. The van der Waals surface area contributed by atoms with E-state index >= 15 is 0 Å². The van der Waals surface area contributed by atoms with Crippen molar-refractivity contribution in [1.29, 1.82) is 0 Å². The monoisotopic (exact) mass is 494 g/mol. The number of nitrogens with zero attached hydrogens (tertiary/aromatic N) is 1. The van der Waals surface area contributed by atoms with Crippen molar-refractivity contribution in [3.8, 4) is 11.5 Å². The summed E-state index contributed by atoms with van der Waals surface area (Å²) in [5.41, 5.74) is 3.94. The molecule has 4 heterocycles. The first-order chi connectivity index (χ1) is 14.7. The maximum absolute atomic E-state index is 12.9. The van der Waals surface area contributed by atoms with Crippen LogP contribution in [0.3, 0.4) is 0 Å². The third-order valence-electron chi connectivity index (χ3n) is 5.85. The summed E-state index contributed by atoms with van der Waals surface area (Å²) >= 11 is 0. The molecule has 2 atom stereocenters. The molecule has 1 saturated heterocycles. The summed E-state index contributed by atoms with van der Waals surface area (Å²) in [5, 5.41) is 3.82. The summed E-state index contributed by atoms with van der Waals surface area (Å²) in [7, 11) is 0. The van der Waals surface area contributed by atoms with Crippen LogP contribution in [0.25, 0.3) is 10.9 Å². The summed E-state index contributed by atoms with van der Waals surface area (Å²) in [6, 6.07) is 12.8. The van der Waals surface area contributed by atoms with E-state index in [-0.39, 0.29) is 63.9 Å². The first-order valence-electron chi connectivity index (χ1n) is 10.3. The molecule has 3 aliphatic rings. The molecule has 31 heavy (non-hydrogen) atoms. The fourth-order valence-electron chi connectivity index (χ4n) is 4.60. The zero-order valence-corrected chi connectivity index (χ0v) is 20.3. The predicted molar refractivity (Wildman–Crippen MR) is 111 cm³/mol. The second-order valence-corrected chi connectivity index (χ2v) is 7.32. The standard InChI is InChI=1S/C21H17N3O4.C2H6.Y/c25-18-9-22-21(26)15-8-13-12-3-1-2-4-14(12)23-19(13)20(24(15)18)11-5-6-16-17(7-11)28-10-27-16;1-2;/h1-7,15,20,23H,8-10H2,(H,22,26);1-2H3;/t15-,20-;;/m1../s1. The van der Waals surface area contributed by atoms with E-state index in [4.69, 9.17) is 9.47 Å². The molecule has 2 N–H and O–H groups in total. The van der Waals surface area contributed by atoms with Crippen molar-refractivity contribution in [2.75, 3.05) is 13.3 Å². The molecule has 0 bridgehead atoms. The number of H-pyrrole nitrogens is 1. The number of piperazine rings is 1. The van der Waals surface area contributed by atoms with Gasteiger partial charge in [0.15, 0.2) is 11.5 Å². The van der Waals surface area contributed by atoms with Crippen LogP contribution in [0.2, 0.25) is 0 Å². The number of carbonyl (C=O) groups excluding carboxylic acids is 2. The molecule has 3 aliphatic heterocycles. The second kappa shape index (κ2) is 8.63. The summed E-state index contributed by atoms with van der Waals surface area (Å²) < 4.78 is 11.0. The molecule has 0 aliphatic carbocycles. The number of rotatable bonds is 1. The van der Waals surface area contributed by atoms with E-state index in [0.717, 1.165) is 27.7 Å². The van der Waals surface area contributed by atoms with Crippen LogP contribution in [0.15, 0.2) is 42.5 Å². The molecule has 7 nitrogen and oxygen atoms in total. The second-order valence-electron chi connectivity index (χ2n) is 7.32. The van der Waals surface area contributed by atoms with E-state index in [1.165, 1.54) is 0 Å². The molecule has 0 saturated carbocycles. The third-order valence-corrected chi connectivity index (χ3v) is 5.85. The van der Waals surface area contributed by atoms with Crippen molar-refractivity contribution in [2.24, 2.45) is 0 Å². The smallest absolute Gasteiger partial charge is 0.243 e. The molecule has 1 radical (unpaired) electrons. The van der Waals surface area contributed by atoms with Crippen molar-refractivity contribution in [3.63, 3.8) is 0 Å². The van der Waals surface area contributed by atoms with Crippen molar-refractivity contribution in [2.45, 2.75) is 32.4 Å². The summed E-state index contributed by atoms with van der Waals surface area (Å²) in [5.74, 6) is 1.15. The van der Waals surface area contributed by atoms with Gasteiger partial charge in [-0.15, -0.1) is 0 Å². The molecule has 0 spiro atoms. The van der Waals surface area contributed by atoms with Crippen LogP contribution >= 0.6 is 0 Å². The minimum atomic E-state index is -0.525. The fourth-order valence-corrected chi connectivity index (χ4v) is 4.60. The van der Waals surface area contributed by atoms with Gasteiger partial charge in [0.05, 0.1) is 12.6 Å². The van der Waals surface area contributed by atoms with Crippen LogP contribution in [0, 0.1) is 0 Å². The molecule has 3 aromatic rings. The predicted octanol–water partition coefficient (Wildman–Crippen LogP) is 2.89. The molecule has 2 amide bonds. The van der Waals surface area contributed by atoms with Crippen LogP contribution in [0.1, 0.15) is 36.7 Å². The van der Waals surface area contributed by atoms with Crippen molar-refractivity contribution < 1.29 is 51.8 Å². The van der Waals surface area contributed by atoms with E-state index < -0.39 is 6.04 Å². The molecule has 8 heteroatoms. The van der Waals surface area contributed by atoms with E-state index in [0.29, 0.717) is 17.9 Å². The summed E-state index contributed by atoms with van der Waals surface area (Å²) in [6.45, 7) is 4.21. The van der Waals surface area contributed by atoms with Gasteiger partial charge < -0.3 is 24.7 Å². The molecular formula is C23H23N3O4Y. The van der Waals surface area contributed by atoms with Crippen LogP contribution < -0.4 is 14.8 Å². The number of fused-ring (bicyclic) bond motifs is 5. The van der Waals surface area contributed by atoms with Gasteiger partial charge in [0.25, 0.3) is 0 Å². The number of amides is 2. The van der Waals surface area contributed by atoms with Gasteiger partial charge in [-0.3, -0.25) is 9.59 Å². The van der Waals surface area contributed by atoms with E-state index in [9.17, 15) is 9.59 Å². The maximum atomic E-state index is 12.9. The van der Waals surface area contributed by atoms with Crippen molar-refractivity contribution in [3.05, 3.63) is 59.3 Å². The topological polar surface area (TPSA) is 83.7 Å². The molecule has 2 aromatic carbocycles. The molecule has 0 unspecified atom stereocenters. The van der Waals surface area contributed by atoms with E-state index in [1.54, 1.807) is 4.90 Å². The largest absolute Gasteiger partial charge is 0.454 e. The molecule has 6 rings (SSSR count). The number of hydrogen-bond donors (Lipinski definition) is 2. The van der Waals surface area contributed by atoms with Gasteiger partial charge in [-0.2, -0.15) is 0 Å². The van der Waals surface area contributed by atoms with Crippen LogP contribution in [0.4, 0.5) is 0 Å². The maximum Gasteiger partial charge on any atom is 0.243 e. The minimum absolute atomic E-state index is 0.